The van der Waals surface area contributed by atoms with Gasteiger partial charge in [0.1, 0.15) is 0 Å². The van der Waals surface area contributed by atoms with Crippen LogP contribution >= 0.6 is 0 Å². The molecule has 1 aromatic carbocycles. The van der Waals surface area contributed by atoms with Gasteiger partial charge in [-0.1, -0.05) is 6.07 Å². The second-order valence-electron chi connectivity index (χ2n) is 7.80. The molecular weight excluding hydrogens is 520 g/mol. The van der Waals surface area contributed by atoms with Gasteiger partial charge in [-0.05, 0) is 17.7 Å². The summed E-state index contributed by atoms with van der Waals surface area (Å²) in [5.74, 6) is -3.49. The number of imidazole rings is 1. The van der Waals surface area contributed by atoms with E-state index in [4.69, 9.17) is 34.0 Å². The van der Waals surface area contributed by atoms with E-state index in [1.807, 2.05) is 12.4 Å². The van der Waals surface area contributed by atoms with Crippen molar-refractivity contribution in [1.29, 1.82) is 0 Å². The number of alkyl halides is 6. The van der Waals surface area contributed by atoms with Crippen molar-refractivity contribution < 1.29 is 60.4 Å². The molecule has 0 saturated heterocycles. The fourth-order valence-electron chi connectivity index (χ4n) is 3.56. The molecule has 206 valence electrons. The Morgan fingerprint density at radius 1 is 1.08 bits per heavy atom. The highest BCUT2D eigenvalue weighted by Gasteiger charge is 2.39. The van der Waals surface area contributed by atoms with Crippen LogP contribution in [0.2, 0.25) is 0 Å². The second-order valence-corrected chi connectivity index (χ2v) is 7.80. The fourth-order valence-corrected chi connectivity index (χ4v) is 3.56. The highest BCUT2D eigenvalue weighted by Crippen LogP contribution is 2.34. The lowest BCUT2D eigenvalue weighted by molar-refractivity contribution is -0.193. The molecule has 0 bridgehead atoms. The average Bonchev–Trinajstić information content (AvgIpc) is 3.40. The number of halogens is 6. The quantitative estimate of drug-likeness (QED) is 0.560. The zero-order valence-electron chi connectivity index (χ0n) is 19.5. The maximum atomic E-state index is 10.6. The highest BCUT2D eigenvalue weighted by atomic mass is 19.4. The van der Waals surface area contributed by atoms with Crippen LogP contribution in [-0.2, 0) is 34.5 Å². The van der Waals surface area contributed by atoms with Crippen LogP contribution in [0.1, 0.15) is 22.9 Å². The first-order valence-electron chi connectivity index (χ1n) is 10.3. The van der Waals surface area contributed by atoms with Gasteiger partial charge in [0.15, 0.2) is 11.5 Å². The summed E-state index contributed by atoms with van der Waals surface area (Å²) < 4.78 is 81.9. The number of carboxylic acids is 2. The Labute approximate surface area is 206 Å². The van der Waals surface area contributed by atoms with Gasteiger partial charge in [-0.3, -0.25) is 4.90 Å². The number of aromatic nitrogens is 2. The molecule has 16 heteroatoms. The van der Waals surface area contributed by atoms with E-state index in [-0.39, 0.29) is 0 Å². The van der Waals surface area contributed by atoms with Gasteiger partial charge >= 0.3 is 24.3 Å². The van der Waals surface area contributed by atoms with Crippen molar-refractivity contribution in [2.75, 3.05) is 27.1 Å². The molecule has 0 amide bonds. The third-order valence-electron chi connectivity index (χ3n) is 5.00. The Kier molecular flexibility index (Phi) is 9.74. The summed E-state index contributed by atoms with van der Waals surface area (Å²) in [5, 5.41) is 14.2. The van der Waals surface area contributed by atoms with Gasteiger partial charge in [-0.2, -0.15) is 26.3 Å². The molecule has 1 atom stereocenters. The van der Waals surface area contributed by atoms with Crippen LogP contribution in [0, 0.1) is 0 Å². The molecule has 0 radical (unpaired) electrons. The molecule has 37 heavy (non-hydrogen) atoms. The summed E-state index contributed by atoms with van der Waals surface area (Å²) >= 11 is 0. The smallest absolute Gasteiger partial charge is 0.475 e. The first-order valence-corrected chi connectivity index (χ1v) is 10.3. The lowest BCUT2D eigenvalue weighted by Crippen LogP contribution is -2.35. The van der Waals surface area contributed by atoms with Crippen molar-refractivity contribution in [3.63, 3.8) is 0 Å². The molecule has 10 nitrogen and oxygen atoms in total. The predicted molar refractivity (Wildman–Crippen MR) is 112 cm³/mol. The molecule has 0 saturated carbocycles. The average molecular weight is 543 g/mol. The number of aryl methyl sites for hydroxylation is 1. The molecule has 2 aliphatic rings. The number of fused-ring (bicyclic) bond motifs is 2. The summed E-state index contributed by atoms with van der Waals surface area (Å²) in [6, 6.07) is 6.16. The molecule has 3 heterocycles. The monoisotopic (exact) mass is 543 g/mol. The first kappa shape index (κ1) is 29.7. The lowest BCUT2D eigenvalue weighted by atomic mass is 9.98. The van der Waals surface area contributed by atoms with E-state index in [9.17, 15) is 26.3 Å². The van der Waals surface area contributed by atoms with E-state index >= 15 is 0 Å². The van der Waals surface area contributed by atoms with E-state index in [0.29, 0.717) is 19.3 Å². The zero-order chi connectivity index (χ0) is 28.0. The summed E-state index contributed by atoms with van der Waals surface area (Å²) in [6.07, 6.45) is -8.27. The number of hydrogen-bond acceptors (Lipinski definition) is 7. The van der Waals surface area contributed by atoms with E-state index in [1.54, 1.807) is 7.11 Å². The van der Waals surface area contributed by atoms with Crippen molar-refractivity contribution in [2.24, 2.45) is 7.05 Å². The molecule has 2 N–H and O–H groups in total. The first-order chi connectivity index (χ1) is 17.1. The van der Waals surface area contributed by atoms with E-state index in [2.05, 4.69) is 33.6 Å². The Bertz CT molecular complexity index is 1060. The molecule has 2 aromatic rings. The summed E-state index contributed by atoms with van der Waals surface area (Å²) in [5.41, 5.74) is 3.68. The minimum absolute atomic E-state index is 0.315. The third-order valence-corrected chi connectivity index (χ3v) is 5.00. The Morgan fingerprint density at radius 3 is 2.19 bits per heavy atom. The molecule has 0 fully saturated rings. The maximum absolute atomic E-state index is 10.6. The van der Waals surface area contributed by atoms with Crippen LogP contribution in [0.25, 0.3) is 0 Å². The van der Waals surface area contributed by atoms with Crippen LogP contribution in [0.4, 0.5) is 26.3 Å². The summed E-state index contributed by atoms with van der Waals surface area (Å²) in [6.45, 7) is 3.73. The van der Waals surface area contributed by atoms with Gasteiger partial charge in [-0.25, -0.2) is 14.6 Å². The fraction of sp³-hybridized carbons (Fsp3) is 0.476. The van der Waals surface area contributed by atoms with Crippen LogP contribution < -0.4 is 9.47 Å². The van der Waals surface area contributed by atoms with Crippen LogP contribution in [0.3, 0.4) is 0 Å². The molecule has 1 aromatic heterocycles. The predicted octanol–water partition coefficient (Wildman–Crippen LogP) is 3.16. The largest absolute Gasteiger partial charge is 0.490 e. The summed E-state index contributed by atoms with van der Waals surface area (Å²) in [7, 11) is 3.81. The molecule has 0 spiro atoms. The topological polar surface area (TPSA) is 123 Å². The molecular formula is C21H23F6N3O7. The van der Waals surface area contributed by atoms with Crippen molar-refractivity contribution in [2.45, 2.75) is 31.4 Å². The second kappa shape index (κ2) is 12.1. The van der Waals surface area contributed by atoms with E-state index in [1.165, 1.54) is 11.3 Å². The number of carboxylic acid groups (broad SMARTS) is 2. The van der Waals surface area contributed by atoms with E-state index < -0.39 is 24.3 Å². The highest BCUT2D eigenvalue weighted by molar-refractivity contribution is 5.73. The minimum atomic E-state index is -5.08. The van der Waals surface area contributed by atoms with Gasteiger partial charge in [0.25, 0.3) is 0 Å². The number of hydrogen-bond donors (Lipinski definition) is 2. The number of rotatable bonds is 4. The Morgan fingerprint density at radius 2 is 1.65 bits per heavy atom. The Hall–Kier alpha value is -3.53. The number of benzene rings is 1. The number of ether oxygens (including phenoxy) is 3. The van der Waals surface area contributed by atoms with Gasteiger partial charge in [-0.15, -0.1) is 0 Å². The number of aliphatic carboxylic acids is 2. The maximum Gasteiger partial charge on any atom is 0.490 e. The standard InChI is InChI=1S/C17H21N3O3.2C2HF3O2/c1-19-10-18-14-8-20(7-13(9-21-2)17(14)19)6-12-3-4-15-16(5-12)23-11-22-15;2*3-2(4,5)1(6)7/h3-5,10,13H,6-9,11H2,1-2H3;2*(H,6,7). The molecule has 4 rings (SSSR count). The van der Waals surface area contributed by atoms with Crippen molar-refractivity contribution in [3.05, 3.63) is 41.5 Å². The van der Waals surface area contributed by atoms with Gasteiger partial charge in [0.2, 0.25) is 6.79 Å². The van der Waals surface area contributed by atoms with Crippen molar-refractivity contribution in [1.82, 2.24) is 14.5 Å². The molecule has 0 aliphatic carbocycles. The summed E-state index contributed by atoms with van der Waals surface area (Å²) in [4.78, 5) is 24.8. The van der Waals surface area contributed by atoms with Crippen LogP contribution in [-0.4, -0.2) is 76.0 Å². The van der Waals surface area contributed by atoms with Gasteiger partial charge in [0.05, 0.1) is 18.6 Å². The van der Waals surface area contributed by atoms with Gasteiger partial charge in [0, 0.05) is 45.4 Å². The van der Waals surface area contributed by atoms with Crippen LogP contribution in [0.5, 0.6) is 11.5 Å². The van der Waals surface area contributed by atoms with Crippen molar-refractivity contribution >= 4 is 11.9 Å². The van der Waals surface area contributed by atoms with Crippen molar-refractivity contribution in [3.8, 4) is 11.5 Å². The minimum Gasteiger partial charge on any atom is -0.475 e. The lowest BCUT2D eigenvalue weighted by Gasteiger charge is -2.32. The number of methoxy groups -OCH3 is 1. The zero-order valence-corrected chi connectivity index (χ0v) is 19.5. The SMILES string of the molecule is COCC1CN(Cc2ccc3c(c2)OCO3)Cc2ncn(C)c21.O=C(O)C(F)(F)F.O=C(O)C(F)(F)F. The van der Waals surface area contributed by atoms with E-state index in [0.717, 1.165) is 36.8 Å². The molecule has 1 unspecified atom stereocenters. The molecule has 2 aliphatic heterocycles. The van der Waals surface area contributed by atoms with Gasteiger partial charge < -0.3 is 29.0 Å². The number of nitrogens with zero attached hydrogens (tertiary/aromatic N) is 3. The number of carbonyl (C=O) groups is 2. The normalized spacial score (nSPS) is 16.6. The third kappa shape index (κ3) is 8.52. The Balaban J connectivity index is 0.000000286. The van der Waals surface area contributed by atoms with Crippen LogP contribution in [0.15, 0.2) is 24.5 Å².